The first kappa shape index (κ1) is 22.7. The maximum absolute atomic E-state index is 13.7. The number of rotatable bonds is 6. The largest absolute Gasteiger partial charge is 0.329 e. The number of carbonyl (C=O) groups excluding carboxylic acids is 1. The zero-order chi connectivity index (χ0) is 23.5. The number of hydrogen-bond acceptors (Lipinski definition) is 3. The fourth-order valence-corrected chi connectivity index (χ4v) is 4.50. The van der Waals surface area contributed by atoms with E-state index in [4.69, 9.17) is 16.6 Å². The Hall–Kier alpha value is -3.44. The minimum absolute atomic E-state index is 0.0910. The quantitative estimate of drug-likeness (QED) is 0.357. The van der Waals surface area contributed by atoms with E-state index in [0.29, 0.717) is 46.0 Å². The number of para-hydroxylation sites is 1. The molecule has 0 spiro atoms. The number of benzene rings is 3. The Morgan fingerprint density at radius 3 is 2.39 bits per heavy atom. The fourth-order valence-electron chi connectivity index (χ4n) is 4.27. The van der Waals surface area contributed by atoms with E-state index in [1.807, 2.05) is 81.4 Å². The molecule has 1 amide bonds. The van der Waals surface area contributed by atoms with Crippen LogP contribution >= 0.6 is 11.6 Å². The predicted molar refractivity (Wildman–Crippen MR) is 133 cm³/mol. The normalized spacial score (nSPS) is 12.0. The van der Waals surface area contributed by atoms with Crippen LogP contribution < -0.4 is 5.56 Å². The average Bonchev–Trinajstić information content (AvgIpc) is 2.83. The van der Waals surface area contributed by atoms with Crippen molar-refractivity contribution in [1.82, 2.24) is 14.5 Å². The molecule has 33 heavy (non-hydrogen) atoms. The molecule has 1 unspecified atom stereocenters. The fraction of sp³-hybridized carbons (Fsp3) is 0.222. The summed E-state index contributed by atoms with van der Waals surface area (Å²) in [6.45, 7) is 6.35. The van der Waals surface area contributed by atoms with Gasteiger partial charge in [0.05, 0.1) is 22.6 Å². The van der Waals surface area contributed by atoms with Crippen LogP contribution in [0.15, 0.2) is 77.6 Å². The van der Waals surface area contributed by atoms with Gasteiger partial charge in [-0.3, -0.25) is 14.2 Å². The number of aryl methyl sites for hydroxylation is 1. The minimum atomic E-state index is -0.393. The average molecular weight is 460 g/mol. The topological polar surface area (TPSA) is 55.2 Å². The van der Waals surface area contributed by atoms with Gasteiger partial charge in [-0.25, -0.2) is 4.98 Å². The number of aromatic nitrogens is 2. The molecule has 0 saturated heterocycles. The Labute approximate surface area is 198 Å². The van der Waals surface area contributed by atoms with Crippen molar-refractivity contribution in [2.45, 2.75) is 33.2 Å². The molecule has 0 saturated carbocycles. The van der Waals surface area contributed by atoms with Crippen LogP contribution in [0.3, 0.4) is 0 Å². The van der Waals surface area contributed by atoms with Gasteiger partial charge in [0, 0.05) is 17.1 Å². The molecule has 0 radical (unpaired) electrons. The summed E-state index contributed by atoms with van der Waals surface area (Å²) in [5.74, 6) is 0.449. The van der Waals surface area contributed by atoms with E-state index in [-0.39, 0.29) is 11.5 Å². The van der Waals surface area contributed by atoms with E-state index in [2.05, 4.69) is 0 Å². The molecule has 1 heterocycles. The van der Waals surface area contributed by atoms with Crippen LogP contribution in [0, 0.1) is 6.92 Å². The van der Waals surface area contributed by atoms with Crippen molar-refractivity contribution in [3.8, 4) is 5.69 Å². The highest BCUT2D eigenvalue weighted by molar-refractivity contribution is 6.30. The van der Waals surface area contributed by atoms with E-state index in [1.54, 1.807) is 21.6 Å². The maximum atomic E-state index is 13.7. The van der Waals surface area contributed by atoms with Crippen LogP contribution in [0.1, 0.15) is 48.1 Å². The van der Waals surface area contributed by atoms with Gasteiger partial charge in [0.1, 0.15) is 5.82 Å². The smallest absolute Gasteiger partial charge is 0.266 e. The van der Waals surface area contributed by atoms with Crippen LogP contribution in [0.2, 0.25) is 5.02 Å². The molecule has 0 fully saturated rings. The zero-order valence-electron chi connectivity index (χ0n) is 19.0. The van der Waals surface area contributed by atoms with Gasteiger partial charge in [-0.15, -0.1) is 0 Å². The summed E-state index contributed by atoms with van der Waals surface area (Å²) in [5.41, 5.74) is 2.62. The van der Waals surface area contributed by atoms with E-state index in [0.717, 1.165) is 5.56 Å². The molecule has 4 rings (SSSR count). The molecule has 0 aliphatic heterocycles. The molecule has 5 nitrogen and oxygen atoms in total. The molecule has 6 heteroatoms. The van der Waals surface area contributed by atoms with Crippen molar-refractivity contribution in [3.63, 3.8) is 0 Å². The Bertz CT molecular complexity index is 1370. The Balaban J connectivity index is 1.98. The first-order valence-electron chi connectivity index (χ1n) is 11.1. The molecule has 1 atom stereocenters. The van der Waals surface area contributed by atoms with Crippen LogP contribution in [0.5, 0.6) is 0 Å². The third-order valence-corrected chi connectivity index (χ3v) is 6.12. The van der Waals surface area contributed by atoms with E-state index in [1.165, 1.54) is 0 Å². The molecule has 168 valence electrons. The molecule has 0 N–H and O–H groups in total. The van der Waals surface area contributed by atoms with E-state index < -0.39 is 6.04 Å². The summed E-state index contributed by atoms with van der Waals surface area (Å²) in [6.07, 6.45) is 0.601. The second-order valence-corrected chi connectivity index (χ2v) is 8.38. The molecule has 4 aromatic rings. The van der Waals surface area contributed by atoms with E-state index >= 15 is 0 Å². The van der Waals surface area contributed by atoms with Crippen molar-refractivity contribution in [3.05, 3.63) is 105 Å². The summed E-state index contributed by atoms with van der Waals surface area (Å²) < 4.78 is 1.64. The molecule has 0 aliphatic carbocycles. The van der Waals surface area contributed by atoms with Gasteiger partial charge in [0.2, 0.25) is 0 Å². The first-order valence-corrected chi connectivity index (χ1v) is 11.5. The summed E-state index contributed by atoms with van der Waals surface area (Å²) in [4.78, 5) is 33.9. The standard InChI is InChI=1S/C27H26ClN3O2/c1-4-23(30(5-2)26(32)19-11-7-6-8-12-19)25-29-22-14-10-9-13-21(22)27(33)31(25)24-16-15-20(28)17-18(24)3/h6-17,23H,4-5H2,1-3H3. The molecule has 3 aromatic carbocycles. The minimum Gasteiger partial charge on any atom is -0.329 e. The third kappa shape index (κ3) is 4.29. The lowest BCUT2D eigenvalue weighted by atomic mass is 10.1. The molecular weight excluding hydrogens is 434 g/mol. The summed E-state index contributed by atoms with van der Waals surface area (Å²) in [7, 11) is 0. The Morgan fingerprint density at radius 1 is 1.03 bits per heavy atom. The lowest BCUT2D eigenvalue weighted by molar-refractivity contribution is 0.0672. The highest BCUT2D eigenvalue weighted by Gasteiger charge is 2.29. The van der Waals surface area contributed by atoms with Crippen molar-refractivity contribution in [1.29, 1.82) is 0 Å². The molecule has 1 aromatic heterocycles. The summed E-state index contributed by atoms with van der Waals surface area (Å²) in [5, 5.41) is 1.13. The Kier molecular flexibility index (Phi) is 6.61. The third-order valence-electron chi connectivity index (χ3n) is 5.88. The van der Waals surface area contributed by atoms with Crippen LogP contribution in [0.25, 0.3) is 16.6 Å². The molecule has 0 aliphatic rings. The number of fused-ring (bicyclic) bond motifs is 1. The predicted octanol–water partition coefficient (Wildman–Crippen LogP) is 5.96. The highest BCUT2D eigenvalue weighted by atomic mass is 35.5. The lowest BCUT2D eigenvalue weighted by Gasteiger charge is -2.32. The van der Waals surface area contributed by atoms with Gasteiger partial charge in [0.15, 0.2) is 0 Å². The number of carbonyl (C=O) groups is 1. The second-order valence-electron chi connectivity index (χ2n) is 7.94. The number of halogens is 1. The van der Waals surface area contributed by atoms with Crippen molar-refractivity contribution < 1.29 is 4.79 Å². The lowest BCUT2D eigenvalue weighted by Crippen LogP contribution is -2.38. The van der Waals surface area contributed by atoms with Crippen molar-refractivity contribution >= 4 is 28.4 Å². The molecule has 0 bridgehead atoms. The van der Waals surface area contributed by atoms with Gasteiger partial charge in [-0.2, -0.15) is 0 Å². The highest BCUT2D eigenvalue weighted by Crippen LogP contribution is 2.29. The van der Waals surface area contributed by atoms with E-state index in [9.17, 15) is 9.59 Å². The van der Waals surface area contributed by atoms with Gasteiger partial charge in [0.25, 0.3) is 11.5 Å². The van der Waals surface area contributed by atoms with Crippen LogP contribution in [0.4, 0.5) is 0 Å². The van der Waals surface area contributed by atoms with Crippen LogP contribution in [-0.2, 0) is 0 Å². The number of amides is 1. The number of hydrogen-bond donors (Lipinski definition) is 0. The van der Waals surface area contributed by atoms with Gasteiger partial charge in [-0.05, 0) is 68.3 Å². The molecular formula is C27H26ClN3O2. The van der Waals surface area contributed by atoms with Gasteiger partial charge in [-0.1, -0.05) is 48.9 Å². The zero-order valence-corrected chi connectivity index (χ0v) is 19.7. The SMILES string of the molecule is CCC(c1nc2ccccc2c(=O)n1-c1ccc(Cl)cc1C)N(CC)C(=O)c1ccccc1. The number of nitrogens with zero attached hydrogens (tertiary/aromatic N) is 3. The van der Waals surface area contributed by atoms with Crippen molar-refractivity contribution in [2.24, 2.45) is 0 Å². The first-order chi connectivity index (χ1) is 16.0. The van der Waals surface area contributed by atoms with Crippen LogP contribution in [-0.4, -0.2) is 26.9 Å². The summed E-state index contributed by atoms with van der Waals surface area (Å²) in [6, 6.07) is 21.6. The van der Waals surface area contributed by atoms with Gasteiger partial charge < -0.3 is 4.90 Å². The monoisotopic (exact) mass is 459 g/mol. The maximum Gasteiger partial charge on any atom is 0.266 e. The second kappa shape index (κ2) is 9.59. The summed E-state index contributed by atoms with van der Waals surface area (Å²) >= 11 is 6.20. The van der Waals surface area contributed by atoms with Crippen molar-refractivity contribution in [2.75, 3.05) is 6.54 Å². The van der Waals surface area contributed by atoms with Gasteiger partial charge >= 0.3 is 0 Å². The Morgan fingerprint density at radius 2 is 1.73 bits per heavy atom.